The lowest BCUT2D eigenvalue weighted by Gasteiger charge is -2.43. The Kier molecular flexibility index (Phi) is 10.6. The summed E-state index contributed by atoms with van der Waals surface area (Å²) < 4.78 is 28.5. The number of ether oxygens (including phenoxy) is 5. The predicted molar refractivity (Wildman–Crippen MR) is 143 cm³/mol. The van der Waals surface area contributed by atoms with Crippen molar-refractivity contribution in [1.29, 1.82) is 0 Å². The first-order valence-corrected chi connectivity index (χ1v) is 13.8. The van der Waals surface area contributed by atoms with E-state index in [1.807, 2.05) is 0 Å². The number of carbonyl (C=O) groups is 4. The van der Waals surface area contributed by atoms with Crippen LogP contribution in [0.5, 0.6) is 0 Å². The first-order chi connectivity index (χ1) is 18.2. The average Bonchev–Trinajstić information content (AvgIpc) is 3.52. The van der Waals surface area contributed by atoms with Gasteiger partial charge in [0.2, 0.25) is 0 Å². The summed E-state index contributed by atoms with van der Waals surface area (Å²) in [4.78, 5) is 50.1. The van der Waals surface area contributed by atoms with Crippen LogP contribution in [0, 0.1) is 23.7 Å². The minimum absolute atomic E-state index is 0.132. The molecule has 0 aromatic rings. The van der Waals surface area contributed by atoms with Crippen molar-refractivity contribution in [2.75, 3.05) is 0 Å². The Morgan fingerprint density at radius 1 is 0.925 bits per heavy atom. The van der Waals surface area contributed by atoms with Gasteiger partial charge in [-0.05, 0) is 26.3 Å². The summed E-state index contributed by atoms with van der Waals surface area (Å²) in [5.41, 5.74) is -2.52. The van der Waals surface area contributed by atoms with Gasteiger partial charge in [-0.15, -0.1) is 0 Å². The van der Waals surface area contributed by atoms with Crippen molar-refractivity contribution in [2.24, 2.45) is 23.7 Å². The molecule has 1 heterocycles. The van der Waals surface area contributed by atoms with Crippen LogP contribution in [0.1, 0.15) is 75.7 Å². The van der Waals surface area contributed by atoms with E-state index in [0.717, 1.165) is 0 Å². The first kappa shape index (κ1) is 33.7. The van der Waals surface area contributed by atoms with Crippen molar-refractivity contribution in [3.8, 4) is 0 Å². The summed E-state index contributed by atoms with van der Waals surface area (Å²) in [6.07, 6.45) is -6.89. The van der Waals surface area contributed by atoms with Crippen LogP contribution in [-0.4, -0.2) is 81.9 Å². The molecule has 1 saturated heterocycles. The van der Waals surface area contributed by atoms with E-state index in [1.54, 1.807) is 48.5 Å². The summed E-state index contributed by atoms with van der Waals surface area (Å²) in [6, 6.07) is 0. The van der Waals surface area contributed by atoms with Gasteiger partial charge < -0.3 is 33.9 Å². The molecule has 0 radical (unpaired) electrons. The molecule has 0 unspecified atom stereocenters. The van der Waals surface area contributed by atoms with Gasteiger partial charge in [0.05, 0.1) is 35.4 Å². The summed E-state index contributed by atoms with van der Waals surface area (Å²) in [5, 5.41) is 22.3. The van der Waals surface area contributed by atoms with Gasteiger partial charge in [-0.1, -0.05) is 48.1 Å². The lowest BCUT2D eigenvalue weighted by molar-refractivity contribution is -0.187. The highest BCUT2D eigenvalue weighted by molar-refractivity contribution is 5.73. The molecule has 0 bridgehead atoms. The molecule has 2 N–H and O–H groups in total. The zero-order valence-electron chi connectivity index (χ0n) is 25.3. The van der Waals surface area contributed by atoms with Crippen LogP contribution in [0.3, 0.4) is 0 Å². The molecule has 0 aromatic carbocycles. The van der Waals surface area contributed by atoms with Gasteiger partial charge in [0.1, 0.15) is 23.9 Å². The van der Waals surface area contributed by atoms with Crippen LogP contribution in [0.15, 0.2) is 12.2 Å². The molecule has 0 amide bonds. The number of fused-ring (bicyclic) bond motifs is 1. The highest BCUT2D eigenvalue weighted by Gasteiger charge is 2.72. The van der Waals surface area contributed by atoms with Crippen LogP contribution < -0.4 is 0 Å². The van der Waals surface area contributed by atoms with Crippen molar-refractivity contribution < 1.29 is 53.1 Å². The maximum Gasteiger partial charge on any atom is 0.308 e. The quantitative estimate of drug-likeness (QED) is 0.154. The molecule has 0 aromatic heterocycles. The predicted octanol–water partition coefficient (Wildman–Crippen LogP) is 2.49. The molecule has 0 spiro atoms. The number of hydrogen-bond acceptors (Lipinski definition) is 11. The van der Waals surface area contributed by atoms with Crippen molar-refractivity contribution >= 4 is 23.9 Å². The van der Waals surface area contributed by atoms with Gasteiger partial charge in [-0.3, -0.25) is 19.2 Å². The molecular weight excluding hydrogens is 524 g/mol. The average molecular weight is 571 g/mol. The summed E-state index contributed by atoms with van der Waals surface area (Å²) in [6.45, 7) is 19.7. The van der Waals surface area contributed by atoms with E-state index in [0.29, 0.717) is 0 Å². The van der Waals surface area contributed by atoms with E-state index in [9.17, 15) is 29.4 Å². The van der Waals surface area contributed by atoms with Gasteiger partial charge in [0, 0.05) is 13.3 Å². The van der Waals surface area contributed by atoms with E-state index < -0.39 is 95.4 Å². The third kappa shape index (κ3) is 7.61. The Morgan fingerprint density at radius 3 is 1.88 bits per heavy atom. The Balaban J connectivity index is 2.57. The SMILES string of the molecule is C=C([C@H]1[C@H](O)[C@@H]2O[C@]2(C)[C@@H](OC(C)=O)[C@H]1OC(=O)C(C)C)[C@H](C[C@H](OC(=O)C(C)C)C(C)(C)O)OC(=O)C(C)C. The Bertz CT molecular complexity index is 979. The normalized spacial score (nSPS) is 29.3. The van der Waals surface area contributed by atoms with Crippen molar-refractivity contribution in [1.82, 2.24) is 0 Å². The van der Waals surface area contributed by atoms with E-state index in [4.69, 9.17) is 23.7 Å². The number of carbonyl (C=O) groups excluding carboxylic acids is 4. The molecule has 228 valence electrons. The van der Waals surface area contributed by atoms with Crippen molar-refractivity contribution in [3.63, 3.8) is 0 Å². The molecule has 1 saturated carbocycles. The summed E-state index contributed by atoms with van der Waals surface area (Å²) >= 11 is 0. The molecule has 2 aliphatic rings. The highest BCUT2D eigenvalue weighted by atomic mass is 16.7. The highest BCUT2D eigenvalue weighted by Crippen LogP contribution is 2.54. The van der Waals surface area contributed by atoms with E-state index in [-0.39, 0.29) is 12.0 Å². The van der Waals surface area contributed by atoms with Crippen molar-refractivity contribution in [2.45, 2.75) is 123 Å². The lowest BCUT2D eigenvalue weighted by Crippen LogP contribution is -2.59. The maximum absolute atomic E-state index is 12.8. The standard InChI is InChI=1S/C29H46O11/c1-13(2)25(32)37-18(12-19(28(9,10)35)38-26(33)14(3)4)16(7)20-21(31)23-29(11,40-23)24(36-17(8)30)22(20)39-27(34)15(5)6/h13-15,18-24,31,35H,7,12H2,1-6,8-11H3/t18-,19-,20-,21-,22-,23-,24-,29-/m0/s1. The zero-order chi connectivity index (χ0) is 30.9. The number of esters is 4. The Labute approximate surface area is 236 Å². The largest absolute Gasteiger partial charge is 0.459 e. The fraction of sp³-hybridized carbons (Fsp3) is 0.793. The number of rotatable bonds is 12. The number of epoxide rings is 1. The van der Waals surface area contributed by atoms with Crippen LogP contribution in [0.25, 0.3) is 0 Å². The van der Waals surface area contributed by atoms with Gasteiger partial charge in [-0.25, -0.2) is 0 Å². The summed E-state index contributed by atoms with van der Waals surface area (Å²) in [7, 11) is 0. The third-order valence-corrected chi connectivity index (χ3v) is 7.32. The van der Waals surface area contributed by atoms with Gasteiger partial charge in [0.25, 0.3) is 0 Å². The van der Waals surface area contributed by atoms with E-state index in [1.165, 1.54) is 20.8 Å². The molecule has 1 aliphatic heterocycles. The number of hydrogen-bond donors (Lipinski definition) is 2. The second-order valence-corrected chi connectivity index (χ2v) is 12.4. The molecule has 2 fully saturated rings. The number of aliphatic hydroxyl groups is 2. The second kappa shape index (κ2) is 12.6. The molecule has 8 atom stereocenters. The maximum atomic E-state index is 12.8. The van der Waals surface area contributed by atoms with Gasteiger partial charge in [0.15, 0.2) is 12.2 Å². The van der Waals surface area contributed by atoms with Gasteiger partial charge >= 0.3 is 23.9 Å². The fourth-order valence-electron chi connectivity index (χ4n) is 4.69. The number of aliphatic hydroxyl groups excluding tert-OH is 1. The van der Waals surface area contributed by atoms with Crippen molar-refractivity contribution in [3.05, 3.63) is 12.2 Å². The minimum Gasteiger partial charge on any atom is -0.459 e. The van der Waals surface area contributed by atoms with E-state index >= 15 is 0 Å². The second-order valence-electron chi connectivity index (χ2n) is 12.4. The van der Waals surface area contributed by atoms with Gasteiger partial charge in [-0.2, -0.15) is 0 Å². The van der Waals surface area contributed by atoms with E-state index in [2.05, 4.69) is 6.58 Å². The molecular formula is C29H46O11. The third-order valence-electron chi connectivity index (χ3n) is 7.32. The zero-order valence-corrected chi connectivity index (χ0v) is 25.3. The molecule has 11 heteroatoms. The first-order valence-electron chi connectivity index (χ1n) is 13.8. The van der Waals surface area contributed by atoms with Crippen LogP contribution in [0.2, 0.25) is 0 Å². The smallest absolute Gasteiger partial charge is 0.308 e. The topological polar surface area (TPSA) is 158 Å². The Morgan fingerprint density at radius 2 is 1.43 bits per heavy atom. The molecule has 1 aliphatic carbocycles. The van der Waals surface area contributed by atoms with Crippen LogP contribution in [-0.2, 0) is 42.9 Å². The molecule has 11 nitrogen and oxygen atoms in total. The fourth-order valence-corrected chi connectivity index (χ4v) is 4.69. The molecule has 2 rings (SSSR count). The monoisotopic (exact) mass is 570 g/mol. The lowest BCUT2D eigenvalue weighted by atomic mass is 9.71. The Hall–Kier alpha value is -2.50. The molecule has 40 heavy (non-hydrogen) atoms. The van der Waals surface area contributed by atoms with Crippen LogP contribution >= 0.6 is 0 Å². The summed E-state index contributed by atoms with van der Waals surface area (Å²) in [5.74, 6) is -5.07. The van der Waals surface area contributed by atoms with Crippen LogP contribution in [0.4, 0.5) is 0 Å². The minimum atomic E-state index is -1.54.